The van der Waals surface area contributed by atoms with Gasteiger partial charge in [-0.2, -0.15) is 0 Å². The normalized spacial score (nSPS) is 29.7. The summed E-state index contributed by atoms with van der Waals surface area (Å²) in [4.78, 5) is 17.3. The first-order valence-corrected chi connectivity index (χ1v) is 9.08. The van der Waals surface area contributed by atoms with Crippen LogP contribution in [0.5, 0.6) is 0 Å². The number of carbonyl (C=O) groups is 1. The molecule has 0 radical (unpaired) electrons. The monoisotopic (exact) mass is 332 g/mol. The van der Waals surface area contributed by atoms with E-state index in [2.05, 4.69) is 4.90 Å². The molecule has 1 aromatic carbocycles. The summed E-state index contributed by atoms with van der Waals surface area (Å²) in [7, 11) is 0. The number of rotatable bonds is 3. The predicted molar refractivity (Wildman–Crippen MR) is 89.1 cm³/mol. The topological polar surface area (TPSA) is 43.8 Å². The number of aliphatic hydroxyl groups is 1. The van der Waals surface area contributed by atoms with Crippen molar-refractivity contribution in [3.8, 4) is 0 Å². The van der Waals surface area contributed by atoms with Gasteiger partial charge in [0.1, 0.15) is 5.82 Å². The third-order valence-corrected chi connectivity index (χ3v) is 6.07. The predicted octanol–water partition coefficient (Wildman–Crippen LogP) is 1.91. The molecule has 130 valence electrons. The minimum atomic E-state index is -0.414. The highest BCUT2D eigenvalue weighted by Crippen LogP contribution is 2.49. The van der Waals surface area contributed by atoms with E-state index in [1.807, 2.05) is 4.90 Å². The second-order valence-electron chi connectivity index (χ2n) is 7.48. The Labute approximate surface area is 142 Å². The van der Waals surface area contributed by atoms with Crippen LogP contribution in [0, 0.1) is 5.82 Å². The van der Waals surface area contributed by atoms with Gasteiger partial charge in [0, 0.05) is 32.2 Å². The lowest BCUT2D eigenvalue weighted by atomic mass is 9.94. The molecule has 2 saturated carbocycles. The second kappa shape index (κ2) is 6.12. The first-order chi connectivity index (χ1) is 11.6. The fourth-order valence-corrected chi connectivity index (χ4v) is 4.43. The second-order valence-corrected chi connectivity index (χ2v) is 7.48. The molecule has 1 amide bonds. The minimum absolute atomic E-state index is 0.195. The third kappa shape index (κ3) is 2.74. The summed E-state index contributed by atoms with van der Waals surface area (Å²) in [6.07, 6.45) is 4.57. The Hall–Kier alpha value is -1.46. The lowest BCUT2D eigenvalue weighted by Gasteiger charge is -2.40. The van der Waals surface area contributed by atoms with Crippen molar-refractivity contribution in [1.82, 2.24) is 9.80 Å². The molecular formula is C19H25FN2O2. The van der Waals surface area contributed by atoms with Gasteiger partial charge in [-0.05, 0) is 49.8 Å². The molecule has 2 atom stereocenters. The lowest BCUT2D eigenvalue weighted by molar-refractivity contribution is -0.136. The SMILES string of the molecule is O=C(N1CCN(C2CCCC2O)CC1)C1(c2ccc(F)cc2)CC1. The highest BCUT2D eigenvalue weighted by Gasteiger charge is 2.53. The van der Waals surface area contributed by atoms with Crippen LogP contribution in [0.15, 0.2) is 24.3 Å². The summed E-state index contributed by atoms with van der Waals surface area (Å²) < 4.78 is 13.2. The molecule has 3 fully saturated rings. The van der Waals surface area contributed by atoms with Crippen molar-refractivity contribution in [1.29, 1.82) is 0 Å². The van der Waals surface area contributed by atoms with Gasteiger partial charge >= 0.3 is 0 Å². The summed E-state index contributed by atoms with van der Waals surface area (Å²) in [5, 5.41) is 10.1. The first kappa shape index (κ1) is 16.0. The van der Waals surface area contributed by atoms with E-state index in [0.717, 1.165) is 63.8 Å². The molecule has 1 heterocycles. The van der Waals surface area contributed by atoms with Gasteiger partial charge in [-0.15, -0.1) is 0 Å². The maximum Gasteiger partial charge on any atom is 0.233 e. The highest BCUT2D eigenvalue weighted by molar-refractivity contribution is 5.91. The van der Waals surface area contributed by atoms with E-state index < -0.39 is 5.41 Å². The molecule has 1 aromatic rings. The van der Waals surface area contributed by atoms with Crippen LogP contribution in [0.3, 0.4) is 0 Å². The maximum absolute atomic E-state index is 13.2. The van der Waals surface area contributed by atoms with E-state index in [1.165, 1.54) is 12.1 Å². The molecular weight excluding hydrogens is 307 g/mol. The largest absolute Gasteiger partial charge is 0.391 e. The molecule has 2 unspecified atom stereocenters. The zero-order valence-corrected chi connectivity index (χ0v) is 14.0. The van der Waals surface area contributed by atoms with Crippen LogP contribution >= 0.6 is 0 Å². The van der Waals surface area contributed by atoms with E-state index in [1.54, 1.807) is 12.1 Å². The van der Waals surface area contributed by atoms with Crippen molar-refractivity contribution < 1.29 is 14.3 Å². The zero-order valence-electron chi connectivity index (χ0n) is 14.0. The smallest absolute Gasteiger partial charge is 0.233 e. The lowest BCUT2D eigenvalue weighted by Crippen LogP contribution is -2.55. The molecule has 1 saturated heterocycles. The highest BCUT2D eigenvalue weighted by atomic mass is 19.1. The quantitative estimate of drug-likeness (QED) is 0.920. The summed E-state index contributed by atoms with van der Waals surface area (Å²) in [5.74, 6) is -0.0635. The van der Waals surface area contributed by atoms with Gasteiger partial charge in [-0.3, -0.25) is 9.69 Å². The minimum Gasteiger partial charge on any atom is -0.391 e. The van der Waals surface area contributed by atoms with E-state index in [0.29, 0.717) is 0 Å². The number of halogens is 1. The zero-order chi connectivity index (χ0) is 16.7. The van der Waals surface area contributed by atoms with Crippen molar-refractivity contribution in [2.75, 3.05) is 26.2 Å². The van der Waals surface area contributed by atoms with Crippen LogP contribution in [-0.4, -0.2) is 59.1 Å². The fraction of sp³-hybridized carbons (Fsp3) is 0.632. The molecule has 4 nitrogen and oxygen atoms in total. The van der Waals surface area contributed by atoms with E-state index in [9.17, 15) is 14.3 Å². The number of hydrogen-bond acceptors (Lipinski definition) is 3. The van der Waals surface area contributed by atoms with Crippen LogP contribution < -0.4 is 0 Å². The summed E-state index contributed by atoms with van der Waals surface area (Å²) in [6.45, 7) is 3.13. The van der Waals surface area contributed by atoms with Gasteiger partial charge in [-0.1, -0.05) is 12.1 Å². The van der Waals surface area contributed by atoms with Gasteiger partial charge in [0.2, 0.25) is 5.91 Å². The Balaban J connectivity index is 1.40. The Morgan fingerprint density at radius 1 is 1.08 bits per heavy atom. The average molecular weight is 332 g/mol. The number of aliphatic hydroxyl groups excluding tert-OH is 1. The van der Waals surface area contributed by atoms with Crippen LogP contribution in [0.1, 0.15) is 37.7 Å². The Bertz CT molecular complexity index is 606. The van der Waals surface area contributed by atoms with Crippen molar-refractivity contribution in [3.63, 3.8) is 0 Å². The van der Waals surface area contributed by atoms with E-state index >= 15 is 0 Å². The molecule has 3 aliphatic rings. The summed E-state index contributed by atoms with van der Waals surface area (Å²) in [6, 6.07) is 6.68. The Morgan fingerprint density at radius 3 is 2.29 bits per heavy atom. The Morgan fingerprint density at radius 2 is 1.75 bits per heavy atom. The molecule has 1 aliphatic heterocycles. The maximum atomic E-state index is 13.2. The van der Waals surface area contributed by atoms with Crippen LogP contribution in [0.25, 0.3) is 0 Å². The number of carbonyl (C=O) groups excluding carboxylic acids is 1. The van der Waals surface area contributed by atoms with Crippen LogP contribution in [0.2, 0.25) is 0 Å². The summed E-state index contributed by atoms with van der Waals surface area (Å²) in [5.41, 5.74) is 0.533. The fourth-order valence-electron chi connectivity index (χ4n) is 4.43. The number of benzene rings is 1. The number of hydrogen-bond donors (Lipinski definition) is 1. The van der Waals surface area contributed by atoms with Gasteiger partial charge in [0.05, 0.1) is 11.5 Å². The molecule has 0 spiro atoms. The molecule has 5 heteroatoms. The van der Waals surface area contributed by atoms with Gasteiger partial charge in [0.15, 0.2) is 0 Å². The van der Waals surface area contributed by atoms with Crippen molar-refractivity contribution >= 4 is 5.91 Å². The third-order valence-electron chi connectivity index (χ3n) is 6.07. The number of piperazine rings is 1. The van der Waals surface area contributed by atoms with Gasteiger partial charge in [-0.25, -0.2) is 4.39 Å². The molecule has 4 rings (SSSR count). The average Bonchev–Trinajstić information content (AvgIpc) is 3.30. The van der Waals surface area contributed by atoms with Crippen molar-refractivity contribution in [3.05, 3.63) is 35.6 Å². The van der Waals surface area contributed by atoms with Gasteiger partial charge in [0.25, 0.3) is 0 Å². The van der Waals surface area contributed by atoms with E-state index in [-0.39, 0.29) is 23.9 Å². The van der Waals surface area contributed by atoms with Crippen LogP contribution in [-0.2, 0) is 10.2 Å². The van der Waals surface area contributed by atoms with Crippen LogP contribution in [0.4, 0.5) is 4.39 Å². The van der Waals surface area contributed by atoms with Crippen molar-refractivity contribution in [2.24, 2.45) is 0 Å². The Kier molecular flexibility index (Phi) is 4.09. The first-order valence-electron chi connectivity index (χ1n) is 9.08. The number of amides is 1. The molecule has 0 aromatic heterocycles. The number of nitrogens with zero attached hydrogens (tertiary/aromatic N) is 2. The molecule has 0 bridgehead atoms. The molecule has 2 aliphatic carbocycles. The van der Waals surface area contributed by atoms with Gasteiger partial charge < -0.3 is 10.0 Å². The standard InChI is InChI=1S/C19H25FN2O2/c20-15-6-4-14(5-7-15)19(8-9-19)18(24)22-12-10-21(11-13-22)16-2-1-3-17(16)23/h4-7,16-17,23H,1-3,8-13H2. The van der Waals surface area contributed by atoms with E-state index in [4.69, 9.17) is 0 Å². The van der Waals surface area contributed by atoms with Crippen molar-refractivity contribution in [2.45, 2.75) is 49.7 Å². The molecule has 1 N–H and O–H groups in total. The molecule has 24 heavy (non-hydrogen) atoms. The summed E-state index contributed by atoms with van der Waals surface area (Å²) >= 11 is 0.